The number of nitrogens with zero attached hydrogens (tertiary/aromatic N) is 2. The lowest BCUT2D eigenvalue weighted by Gasteiger charge is -2.14. The molecule has 1 aliphatic carbocycles. The number of aromatic nitrogens is 2. The van der Waals surface area contributed by atoms with Crippen molar-refractivity contribution in [2.24, 2.45) is 0 Å². The normalized spacial score (nSPS) is 14.6. The topological polar surface area (TPSA) is 64.0 Å². The van der Waals surface area contributed by atoms with E-state index < -0.39 is 0 Å². The van der Waals surface area contributed by atoms with Gasteiger partial charge in [-0.2, -0.15) is 0 Å². The summed E-state index contributed by atoms with van der Waals surface area (Å²) in [4.78, 5) is 30.0. The minimum atomic E-state index is -0.327. The van der Waals surface area contributed by atoms with E-state index in [0.717, 1.165) is 25.7 Å². The molecule has 1 amide bonds. The highest BCUT2D eigenvalue weighted by atomic mass is 32.2. The zero-order chi connectivity index (χ0) is 19.7. The van der Waals surface area contributed by atoms with Crippen LogP contribution in [0.2, 0.25) is 0 Å². The fraction of sp³-hybridized carbons (Fsp3) is 0.350. The molecule has 5 nitrogen and oxygen atoms in total. The largest absolute Gasteiger partial charge is 0.353 e. The summed E-state index contributed by atoms with van der Waals surface area (Å²) >= 11 is 2.55. The van der Waals surface area contributed by atoms with Gasteiger partial charge in [0.2, 0.25) is 5.91 Å². The molecule has 1 saturated carbocycles. The first-order valence-corrected chi connectivity index (χ1v) is 11.1. The third-order valence-corrected chi connectivity index (χ3v) is 6.73. The first-order valence-electron chi connectivity index (χ1n) is 9.22. The summed E-state index contributed by atoms with van der Waals surface area (Å²) in [7, 11) is 0. The van der Waals surface area contributed by atoms with E-state index in [1.807, 2.05) is 5.38 Å². The van der Waals surface area contributed by atoms with Gasteiger partial charge in [0.15, 0.2) is 5.16 Å². The molecule has 1 aliphatic rings. The minimum absolute atomic E-state index is 0.0570. The first-order chi connectivity index (χ1) is 13.5. The molecule has 8 heteroatoms. The molecule has 4 rings (SSSR count). The Morgan fingerprint density at radius 3 is 2.89 bits per heavy atom. The summed E-state index contributed by atoms with van der Waals surface area (Å²) in [6, 6.07) is 6.58. The maximum Gasteiger partial charge on any atom is 0.276 e. The summed E-state index contributed by atoms with van der Waals surface area (Å²) in [5.41, 5.74) is 1.41. The van der Waals surface area contributed by atoms with Crippen LogP contribution in [0.15, 0.2) is 39.6 Å². The van der Waals surface area contributed by atoms with Gasteiger partial charge in [0.1, 0.15) is 10.5 Å². The van der Waals surface area contributed by atoms with Gasteiger partial charge in [0.05, 0.1) is 17.0 Å². The number of aryl methyl sites for hydroxylation is 1. The Bertz CT molecular complexity index is 1090. The number of hydrogen-bond acceptors (Lipinski definition) is 5. The lowest BCUT2D eigenvalue weighted by Crippen LogP contribution is -2.34. The van der Waals surface area contributed by atoms with Crippen molar-refractivity contribution in [2.45, 2.75) is 43.8 Å². The predicted octanol–water partition coefficient (Wildman–Crippen LogP) is 4.05. The number of thioether (sulfide) groups is 1. The highest BCUT2D eigenvalue weighted by Gasteiger charge is 2.19. The van der Waals surface area contributed by atoms with Crippen LogP contribution in [-0.4, -0.2) is 27.3 Å². The molecule has 0 atom stereocenters. The van der Waals surface area contributed by atoms with E-state index in [2.05, 4.69) is 10.3 Å². The second-order valence-electron chi connectivity index (χ2n) is 6.94. The number of carbonyl (C=O) groups is 1. The summed E-state index contributed by atoms with van der Waals surface area (Å²) < 4.78 is 15.7. The van der Waals surface area contributed by atoms with Crippen molar-refractivity contribution in [3.05, 3.63) is 51.4 Å². The maximum atomic E-state index is 13.7. The second kappa shape index (κ2) is 8.05. The van der Waals surface area contributed by atoms with Crippen molar-refractivity contribution < 1.29 is 9.18 Å². The third-order valence-electron chi connectivity index (χ3n) is 4.90. The van der Waals surface area contributed by atoms with Gasteiger partial charge in [0.25, 0.3) is 5.56 Å². The number of amides is 1. The van der Waals surface area contributed by atoms with Crippen LogP contribution in [-0.2, 0) is 4.79 Å². The number of fused-ring (bicyclic) bond motifs is 1. The Morgan fingerprint density at radius 2 is 2.14 bits per heavy atom. The molecule has 0 bridgehead atoms. The van der Waals surface area contributed by atoms with E-state index in [9.17, 15) is 14.0 Å². The van der Waals surface area contributed by atoms with Crippen molar-refractivity contribution in [3.8, 4) is 5.69 Å². The molecule has 2 aromatic heterocycles. The van der Waals surface area contributed by atoms with Crippen molar-refractivity contribution in [1.82, 2.24) is 14.9 Å². The number of hydrogen-bond donors (Lipinski definition) is 1. The van der Waals surface area contributed by atoms with E-state index in [-0.39, 0.29) is 29.1 Å². The van der Waals surface area contributed by atoms with Crippen molar-refractivity contribution in [2.75, 3.05) is 5.75 Å². The molecule has 146 valence electrons. The summed E-state index contributed by atoms with van der Waals surface area (Å²) in [6.07, 6.45) is 4.35. The van der Waals surface area contributed by atoms with Gasteiger partial charge in [0, 0.05) is 6.04 Å². The average Bonchev–Trinajstić information content (AvgIpc) is 3.34. The highest BCUT2D eigenvalue weighted by Crippen LogP contribution is 2.25. The summed E-state index contributed by atoms with van der Waals surface area (Å²) in [5.74, 6) is -0.204. The highest BCUT2D eigenvalue weighted by molar-refractivity contribution is 7.99. The monoisotopic (exact) mass is 417 g/mol. The molecule has 0 spiro atoms. The maximum absolute atomic E-state index is 13.7. The standard InChI is InChI=1S/C20H20FN3O2S2/c1-12-10-14(6-7-15(12)21)24-19(26)18-16(8-9-27-18)23-20(24)28-11-17(25)22-13-4-2-3-5-13/h6-10,13H,2-5,11H2,1H3,(H,22,25). The molecule has 0 radical (unpaired) electrons. The second-order valence-corrected chi connectivity index (χ2v) is 8.80. The van der Waals surface area contributed by atoms with Crippen molar-refractivity contribution in [3.63, 3.8) is 0 Å². The van der Waals surface area contributed by atoms with E-state index in [1.165, 1.54) is 33.7 Å². The first kappa shape index (κ1) is 19.1. The quantitative estimate of drug-likeness (QED) is 0.503. The van der Waals surface area contributed by atoms with E-state index in [0.29, 0.717) is 26.6 Å². The van der Waals surface area contributed by atoms with Gasteiger partial charge in [-0.3, -0.25) is 14.2 Å². The smallest absolute Gasteiger partial charge is 0.276 e. The van der Waals surface area contributed by atoms with Crippen LogP contribution in [0, 0.1) is 12.7 Å². The minimum Gasteiger partial charge on any atom is -0.353 e. The summed E-state index contributed by atoms with van der Waals surface area (Å²) in [6.45, 7) is 1.66. The van der Waals surface area contributed by atoms with E-state index >= 15 is 0 Å². The Kier molecular flexibility index (Phi) is 5.50. The van der Waals surface area contributed by atoms with Gasteiger partial charge >= 0.3 is 0 Å². The van der Waals surface area contributed by atoms with Crippen molar-refractivity contribution >= 4 is 39.2 Å². The Hall–Kier alpha value is -2.19. The zero-order valence-electron chi connectivity index (χ0n) is 15.4. The number of nitrogens with one attached hydrogen (secondary N) is 1. The molecule has 0 aliphatic heterocycles. The molecule has 0 unspecified atom stereocenters. The molecule has 2 heterocycles. The molecule has 1 fully saturated rings. The fourth-order valence-electron chi connectivity index (χ4n) is 3.45. The van der Waals surface area contributed by atoms with E-state index in [1.54, 1.807) is 25.1 Å². The fourth-order valence-corrected chi connectivity index (χ4v) is 5.04. The van der Waals surface area contributed by atoms with Crippen LogP contribution in [0.4, 0.5) is 4.39 Å². The average molecular weight is 418 g/mol. The number of carbonyl (C=O) groups excluding carboxylic acids is 1. The van der Waals surface area contributed by atoms with E-state index in [4.69, 9.17) is 0 Å². The molecule has 28 heavy (non-hydrogen) atoms. The Balaban J connectivity index is 1.67. The Morgan fingerprint density at radius 1 is 1.36 bits per heavy atom. The molecule has 0 saturated heterocycles. The SMILES string of the molecule is Cc1cc(-n2c(SCC(=O)NC3CCCC3)nc3ccsc3c2=O)ccc1F. The molecular weight excluding hydrogens is 397 g/mol. The summed E-state index contributed by atoms with van der Waals surface area (Å²) in [5, 5.41) is 5.30. The van der Waals surface area contributed by atoms with Crippen LogP contribution < -0.4 is 10.9 Å². The van der Waals surface area contributed by atoms with Crippen LogP contribution in [0.25, 0.3) is 15.9 Å². The van der Waals surface area contributed by atoms with Gasteiger partial charge < -0.3 is 5.32 Å². The molecule has 1 aromatic carbocycles. The lowest BCUT2D eigenvalue weighted by molar-refractivity contribution is -0.119. The van der Waals surface area contributed by atoms with Crippen LogP contribution in [0.1, 0.15) is 31.2 Å². The number of halogens is 1. The molecule has 3 aromatic rings. The predicted molar refractivity (Wildman–Crippen MR) is 111 cm³/mol. The van der Waals surface area contributed by atoms with Gasteiger partial charge in [-0.05, 0) is 55.0 Å². The number of rotatable bonds is 5. The van der Waals surface area contributed by atoms with Crippen LogP contribution in [0.5, 0.6) is 0 Å². The van der Waals surface area contributed by atoms with Gasteiger partial charge in [-0.25, -0.2) is 9.37 Å². The van der Waals surface area contributed by atoms with Gasteiger partial charge in [-0.1, -0.05) is 24.6 Å². The third kappa shape index (κ3) is 3.84. The van der Waals surface area contributed by atoms with Crippen LogP contribution >= 0.6 is 23.1 Å². The van der Waals surface area contributed by atoms with Crippen LogP contribution in [0.3, 0.4) is 0 Å². The Labute approximate surface area is 170 Å². The lowest BCUT2D eigenvalue weighted by atomic mass is 10.2. The molecular formula is C20H20FN3O2S2. The molecule has 1 N–H and O–H groups in total. The van der Waals surface area contributed by atoms with Gasteiger partial charge in [-0.15, -0.1) is 11.3 Å². The number of thiophene rings is 1. The van der Waals surface area contributed by atoms with Crippen molar-refractivity contribution in [1.29, 1.82) is 0 Å². The zero-order valence-corrected chi connectivity index (χ0v) is 17.0. The number of benzene rings is 1.